The number of aliphatic hydroxyl groups is 1. The Morgan fingerprint density at radius 2 is 2.15 bits per heavy atom. The van der Waals surface area contributed by atoms with Crippen molar-refractivity contribution in [3.05, 3.63) is 42.0 Å². The van der Waals surface area contributed by atoms with Gasteiger partial charge >= 0.3 is 0 Å². The van der Waals surface area contributed by atoms with Crippen LogP contribution in [0, 0.1) is 5.82 Å². The first-order valence-electron chi connectivity index (χ1n) is 3.95. The van der Waals surface area contributed by atoms with Gasteiger partial charge < -0.3 is 5.11 Å². The molecule has 0 aliphatic heterocycles. The molecule has 0 saturated carbocycles. The van der Waals surface area contributed by atoms with Gasteiger partial charge in [-0.05, 0) is 29.7 Å². The number of hydrogen-bond donors (Lipinski definition) is 1. The van der Waals surface area contributed by atoms with E-state index < -0.39 is 0 Å². The van der Waals surface area contributed by atoms with Gasteiger partial charge in [0.25, 0.3) is 0 Å². The van der Waals surface area contributed by atoms with E-state index in [-0.39, 0.29) is 12.4 Å². The van der Waals surface area contributed by atoms with Gasteiger partial charge in [0, 0.05) is 11.6 Å². The predicted octanol–water partition coefficient (Wildman–Crippen LogP) is 1.87. The summed E-state index contributed by atoms with van der Waals surface area (Å²) in [6, 6.07) is 6.14. The third-order valence-corrected chi connectivity index (χ3v) is 1.96. The molecule has 0 amide bonds. The van der Waals surface area contributed by atoms with Crippen molar-refractivity contribution in [2.75, 3.05) is 0 Å². The molecule has 2 rings (SSSR count). The lowest BCUT2D eigenvalue weighted by Crippen LogP contribution is -1.90. The molecule has 1 heterocycles. The summed E-state index contributed by atoms with van der Waals surface area (Å²) in [5.41, 5.74) is 0.581. The molecule has 0 spiro atoms. The molecule has 0 radical (unpaired) electrons. The van der Waals surface area contributed by atoms with Crippen LogP contribution in [-0.2, 0) is 6.61 Å². The fourth-order valence-electron chi connectivity index (χ4n) is 1.34. The van der Waals surface area contributed by atoms with Crippen LogP contribution in [-0.4, -0.2) is 10.1 Å². The zero-order valence-electron chi connectivity index (χ0n) is 6.87. The van der Waals surface area contributed by atoms with Gasteiger partial charge in [-0.3, -0.25) is 4.98 Å². The van der Waals surface area contributed by atoms with Gasteiger partial charge in [0.2, 0.25) is 0 Å². The summed E-state index contributed by atoms with van der Waals surface area (Å²) in [5.74, 6) is -0.275. The first-order chi connectivity index (χ1) is 6.31. The van der Waals surface area contributed by atoms with Crippen molar-refractivity contribution in [1.29, 1.82) is 0 Å². The van der Waals surface area contributed by atoms with Crippen LogP contribution in [0.3, 0.4) is 0 Å². The molecule has 2 aromatic rings. The standard InChI is InChI=1S/C10H8FNO/c11-8-1-2-9-7(5-8)3-4-12-10(9)6-13/h1-5,13H,6H2. The maximum atomic E-state index is 12.8. The monoisotopic (exact) mass is 177 g/mol. The minimum Gasteiger partial charge on any atom is -0.390 e. The van der Waals surface area contributed by atoms with Crippen molar-refractivity contribution < 1.29 is 9.50 Å². The van der Waals surface area contributed by atoms with Crippen LogP contribution in [0.4, 0.5) is 4.39 Å². The van der Waals surface area contributed by atoms with E-state index in [1.54, 1.807) is 18.3 Å². The number of pyridine rings is 1. The average molecular weight is 177 g/mol. The highest BCUT2D eigenvalue weighted by Gasteiger charge is 2.01. The first kappa shape index (κ1) is 8.13. The Morgan fingerprint density at radius 1 is 1.31 bits per heavy atom. The Morgan fingerprint density at radius 3 is 2.92 bits per heavy atom. The smallest absolute Gasteiger partial charge is 0.123 e. The van der Waals surface area contributed by atoms with Crippen LogP contribution >= 0.6 is 0 Å². The Bertz CT molecular complexity index is 442. The van der Waals surface area contributed by atoms with Crippen LogP contribution < -0.4 is 0 Å². The molecule has 0 aliphatic rings. The second-order valence-corrected chi connectivity index (χ2v) is 2.78. The van der Waals surface area contributed by atoms with Crippen molar-refractivity contribution in [2.24, 2.45) is 0 Å². The summed E-state index contributed by atoms with van der Waals surface area (Å²) in [4.78, 5) is 3.98. The van der Waals surface area contributed by atoms with E-state index in [0.29, 0.717) is 5.69 Å². The lowest BCUT2D eigenvalue weighted by Gasteiger charge is -2.01. The molecule has 3 heteroatoms. The summed E-state index contributed by atoms with van der Waals surface area (Å²) < 4.78 is 12.8. The molecule has 0 atom stereocenters. The lowest BCUT2D eigenvalue weighted by molar-refractivity contribution is 0.278. The van der Waals surface area contributed by atoms with Gasteiger partial charge in [-0.2, -0.15) is 0 Å². The van der Waals surface area contributed by atoms with Crippen LogP contribution in [0.15, 0.2) is 30.5 Å². The summed E-state index contributed by atoms with van der Waals surface area (Å²) in [6.45, 7) is -0.122. The average Bonchev–Trinajstić information content (AvgIpc) is 2.16. The van der Waals surface area contributed by atoms with E-state index in [2.05, 4.69) is 4.98 Å². The third kappa shape index (κ3) is 1.38. The molecule has 2 nitrogen and oxygen atoms in total. The minimum atomic E-state index is -0.275. The quantitative estimate of drug-likeness (QED) is 0.721. The van der Waals surface area contributed by atoms with Crippen LogP contribution in [0.2, 0.25) is 0 Å². The number of benzene rings is 1. The lowest BCUT2D eigenvalue weighted by atomic mass is 10.1. The van der Waals surface area contributed by atoms with Gasteiger partial charge in [0.15, 0.2) is 0 Å². The topological polar surface area (TPSA) is 33.1 Å². The summed E-state index contributed by atoms with van der Waals surface area (Å²) in [6.07, 6.45) is 1.56. The van der Waals surface area contributed by atoms with E-state index in [0.717, 1.165) is 10.8 Å². The number of fused-ring (bicyclic) bond motifs is 1. The van der Waals surface area contributed by atoms with Crippen LogP contribution in [0.1, 0.15) is 5.69 Å². The summed E-state index contributed by atoms with van der Waals surface area (Å²) in [7, 11) is 0. The fourth-order valence-corrected chi connectivity index (χ4v) is 1.34. The number of aromatic nitrogens is 1. The van der Waals surface area contributed by atoms with Gasteiger partial charge in [-0.15, -0.1) is 0 Å². The Hall–Kier alpha value is -1.48. The van der Waals surface area contributed by atoms with Crippen molar-refractivity contribution >= 4 is 10.8 Å². The first-order valence-corrected chi connectivity index (χ1v) is 3.95. The van der Waals surface area contributed by atoms with Crippen molar-refractivity contribution in [1.82, 2.24) is 4.98 Å². The normalized spacial score (nSPS) is 10.6. The number of nitrogens with zero attached hydrogens (tertiary/aromatic N) is 1. The Kier molecular flexibility index (Phi) is 1.94. The van der Waals surface area contributed by atoms with E-state index in [4.69, 9.17) is 5.11 Å². The van der Waals surface area contributed by atoms with Crippen molar-refractivity contribution in [2.45, 2.75) is 6.61 Å². The van der Waals surface area contributed by atoms with Gasteiger partial charge in [0.1, 0.15) is 5.82 Å². The fraction of sp³-hybridized carbons (Fsp3) is 0.100. The number of halogens is 1. The van der Waals surface area contributed by atoms with Gasteiger partial charge in [0.05, 0.1) is 12.3 Å². The molecule has 0 aliphatic carbocycles. The van der Waals surface area contributed by atoms with Crippen LogP contribution in [0.5, 0.6) is 0 Å². The van der Waals surface area contributed by atoms with E-state index >= 15 is 0 Å². The molecule has 0 saturated heterocycles. The van der Waals surface area contributed by atoms with Gasteiger partial charge in [-0.25, -0.2) is 4.39 Å². The largest absolute Gasteiger partial charge is 0.390 e. The molecule has 1 N–H and O–H groups in total. The maximum absolute atomic E-state index is 12.8. The second kappa shape index (κ2) is 3.11. The van der Waals surface area contributed by atoms with E-state index in [1.807, 2.05) is 0 Å². The Balaban J connectivity index is 2.77. The van der Waals surface area contributed by atoms with Crippen molar-refractivity contribution in [3.8, 4) is 0 Å². The van der Waals surface area contributed by atoms with E-state index in [9.17, 15) is 4.39 Å². The molecule has 66 valence electrons. The maximum Gasteiger partial charge on any atom is 0.123 e. The minimum absolute atomic E-state index is 0.122. The van der Waals surface area contributed by atoms with Crippen molar-refractivity contribution in [3.63, 3.8) is 0 Å². The molecule has 1 aromatic carbocycles. The number of hydrogen-bond acceptors (Lipinski definition) is 2. The third-order valence-electron chi connectivity index (χ3n) is 1.96. The summed E-state index contributed by atoms with van der Waals surface area (Å²) in [5, 5.41) is 10.5. The number of aliphatic hydroxyl groups excluding tert-OH is 1. The highest BCUT2D eigenvalue weighted by molar-refractivity contribution is 5.84. The molecule has 0 unspecified atom stereocenters. The number of rotatable bonds is 1. The van der Waals surface area contributed by atoms with Gasteiger partial charge in [-0.1, -0.05) is 0 Å². The molecular weight excluding hydrogens is 169 g/mol. The Labute approximate surface area is 74.7 Å². The second-order valence-electron chi connectivity index (χ2n) is 2.78. The molecule has 0 bridgehead atoms. The van der Waals surface area contributed by atoms with Crippen LogP contribution in [0.25, 0.3) is 10.8 Å². The highest BCUT2D eigenvalue weighted by atomic mass is 19.1. The summed E-state index contributed by atoms with van der Waals surface area (Å²) >= 11 is 0. The highest BCUT2D eigenvalue weighted by Crippen LogP contribution is 2.17. The zero-order chi connectivity index (χ0) is 9.26. The molecule has 0 fully saturated rings. The molecule has 13 heavy (non-hydrogen) atoms. The molecular formula is C10H8FNO. The predicted molar refractivity (Wildman–Crippen MR) is 47.6 cm³/mol. The zero-order valence-corrected chi connectivity index (χ0v) is 6.87. The SMILES string of the molecule is OCc1nccc2cc(F)ccc12. The molecule has 1 aromatic heterocycles. The van der Waals surface area contributed by atoms with E-state index in [1.165, 1.54) is 12.1 Å².